The smallest absolute Gasteiger partial charge is 0.150 e. The number of benzene rings is 1. The summed E-state index contributed by atoms with van der Waals surface area (Å²) in [5.74, 6) is 0.913. The number of rotatable bonds is 7. The second kappa shape index (κ2) is 6.97. The first-order chi connectivity index (χ1) is 8.84. The number of hydrogen-bond donors (Lipinski definition) is 1. The third-order valence-electron chi connectivity index (χ3n) is 2.89. The lowest BCUT2D eigenvalue weighted by Gasteiger charge is -2.03. The third-order valence-corrected chi connectivity index (χ3v) is 2.89. The van der Waals surface area contributed by atoms with Crippen LogP contribution < -0.4 is 5.32 Å². The van der Waals surface area contributed by atoms with Crippen LogP contribution in [0.4, 0.5) is 0 Å². The van der Waals surface area contributed by atoms with Crippen molar-refractivity contribution in [3.05, 3.63) is 53.4 Å². The Bertz CT molecular complexity index is 451. The zero-order valence-electron chi connectivity index (χ0n) is 10.9. The molecule has 0 radical (unpaired) electrons. The number of unbranched alkanes of at least 4 members (excludes halogenated alkanes) is 1. The average molecular weight is 244 g/mol. The molecule has 0 unspecified atom stereocenters. The molecule has 18 heavy (non-hydrogen) atoms. The minimum absolute atomic E-state index is 0.770. The van der Waals surface area contributed by atoms with Crippen LogP contribution in [0.5, 0.6) is 0 Å². The van der Waals surface area contributed by atoms with E-state index in [-0.39, 0.29) is 0 Å². The Hall–Kier alpha value is -1.61. The standard InChI is InChI=1S/C15H20N2O/c1-13-11-15(18-17-13)12-16-10-6-5-9-14-7-3-2-4-8-14/h2-4,7-8,11,16H,5-6,9-10,12H2,1H3. The Labute approximate surface area is 108 Å². The second-order valence-electron chi connectivity index (χ2n) is 4.55. The van der Waals surface area contributed by atoms with E-state index < -0.39 is 0 Å². The minimum atomic E-state index is 0.770. The number of hydrogen-bond acceptors (Lipinski definition) is 3. The van der Waals surface area contributed by atoms with Gasteiger partial charge in [0.2, 0.25) is 0 Å². The first-order valence-electron chi connectivity index (χ1n) is 6.51. The summed E-state index contributed by atoms with van der Waals surface area (Å²) in [6.07, 6.45) is 3.55. The summed E-state index contributed by atoms with van der Waals surface area (Å²) in [7, 11) is 0. The van der Waals surface area contributed by atoms with E-state index in [1.54, 1.807) is 0 Å². The van der Waals surface area contributed by atoms with Gasteiger partial charge in [0.1, 0.15) is 0 Å². The highest BCUT2D eigenvalue weighted by atomic mass is 16.5. The maximum atomic E-state index is 5.13. The molecule has 3 nitrogen and oxygen atoms in total. The van der Waals surface area contributed by atoms with Crippen LogP contribution in [0.25, 0.3) is 0 Å². The van der Waals surface area contributed by atoms with Crippen molar-refractivity contribution in [2.45, 2.75) is 32.7 Å². The van der Waals surface area contributed by atoms with Gasteiger partial charge in [-0.2, -0.15) is 0 Å². The number of nitrogens with zero attached hydrogens (tertiary/aromatic N) is 1. The normalized spacial score (nSPS) is 10.7. The van der Waals surface area contributed by atoms with E-state index in [1.165, 1.54) is 18.4 Å². The van der Waals surface area contributed by atoms with Crippen LogP contribution in [-0.4, -0.2) is 11.7 Å². The van der Waals surface area contributed by atoms with Crippen LogP contribution in [0.1, 0.15) is 29.9 Å². The quantitative estimate of drug-likeness (QED) is 0.761. The van der Waals surface area contributed by atoms with Gasteiger partial charge in [0, 0.05) is 6.07 Å². The molecule has 0 bridgehead atoms. The van der Waals surface area contributed by atoms with Crippen molar-refractivity contribution in [3.63, 3.8) is 0 Å². The van der Waals surface area contributed by atoms with E-state index in [4.69, 9.17) is 4.52 Å². The molecule has 0 saturated carbocycles. The third kappa shape index (κ3) is 4.34. The van der Waals surface area contributed by atoms with Crippen molar-refractivity contribution >= 4 is 0 Å². The van der Waals surface area contributed by atoms with Crippen LogP contribution in [0.15, 0.2) is 40.9 Å². The molecular formula is C15H20N2O. The monoisotopic (exact) mass is 244 g/mol. The summed E-state index contributed by atoms with van der Waals surface area (Å²) >= 11 is 0. The molecule has 3 heteroatoms. The highest BCUT2D eigenvalue weighted by Gasteiger charge is 1.99. The molecule has 0 saturated heterocycles. The largest absolute Gasteiger partial charge is 0.360 e. The van der Waals surface area contributed by atoms with Gasteiger partial charge in [0.15, 0.2) is 5.76 Å². The maximum absolute atomic E-state index is 5.13. The van der Waals surface area contributed by atoms with E-state index in [0.29, 0.717) is 0 Å². The maximum Gasteiger partial charge on any atom is 0.150 e. The molecule has 1 aromatic heterocycles. The summed E-state index contributed by atoms with van der Waals surface area (Å²) in [5, 5.41) is 7.22. The summed E-state index contributed by atoms with van der Waals surface area (Å²) in [4.78, 5) is 0. The molecule has 0 atom stereocenters. The van der Waals surface area contributed by atoms with Gasteiger partial charge in [-0.05, 0) is 38.3 Å². The van der Waals surface area contributed by atoms with E-state index in [1.807, 2.05) is 13.0 Å². The minimum Gasteiger partial charge on any atom is -0.360 e. The molecule has 0 amide bonds. The second-order valence-corrected chi connectivity index (χ2v) is 4.55. The number of nitrogens with one attached hydrogen (secondary N) is 1. The lowest BCUT2D eigenvalue weighted by Crippen LogP contribution is -2.14. The Morgan fingerprint density at radius 1 is 1.17 bits per heavy atom. The van der Waals surface area contributed by atoms with Crippen molar-refractivity contribution in [2.24, 2.45) is 0 Å². The summed E-state index contributed by atoms with van der Waals surface area (Å²) < 4.78 is 5.13. The molecule has 0 aliphatic rings. The van der Waals surface area contributed by atoms with Crippen molar-refractivity contribution in [3.8, 4) is 0 Å². The van der Waals surface area contributed by atoms with Crippen molar-refractivity contribution in [1.29, 1.82) is 0 Å². The van der Waals surface area contributed by atoms with Gasteiger partial charge in [0.05, 0.1) is 12.2 Å². The van der Waals surface area contributed by atoms with Crippen LogP contribution in [0.2, 0.25) is 0 Å². The lowest BCUT2D eigenvalue weighted by molar-refractivity contribution is 0.369. The fraction of sp³-hybridized carbons (Fsp3) is 0.400. The van der Waals surface area contributed by atoms with Gasteiger partial charge in [-0.3, -0.25) is 0 Å². The Kier molecular flexibility index (Phi) is 4.97. The molecule has 0 aliphatic carbocycles. The zero-order valence-corrected chi connectivity index (χ0v) is 10.9. The van der Waals surface area contributed by atoms with Gasteiger partial charge >= 0.3 is 0 Å². The van der Waals surface area contributed by atoms with Gasteiger partial charge in [0.25, 0.3) is 0 Å². The fourth-order valence-corrected chi connectivity index (χ4v) is 1.94. The van der Waals surface area contributed by atoms with Gasteiger partial charge in [-0.15, -0.1) is 0 Å². The summed E-state index contributed by atoms with van der Waals surface area (Å²) in [6.45, 7) is 3.73. The first kappa shape index (κ1) is 12.8. The molecule has 2 aromatic rings. The van der Waals surface area contributed by atoms with Gasteiger partial charge in [-0.1, -0.05) is 35.5 Å². The average Bonchev–Trinajstić information content (AvgIpc) is 2.81. The number of aryl methyl sites for hydroxylation is 2. The summed E-state index contributed by atoms with van der Waals surface area (Å²) in [6, 6.07) is 12.6. The van der Waals surface area contributed by atoms with Crippen LogP contribution in [0, 0.1) is 6.92 Å². The fourth-order valence-electron chi connectivity index (χ4n) is 1.94. The van der Waals surface area contributed by atoms with Crippen LogP contribution >= 0.6 is 0 Å². The van der Waals surface area contributed by atoms with E-state index in [0.717, 1.165) is 31.0 Å². The molecule has 2 rings (SSSR count). The molecule has 0 spiro atoms. The molecule has 96 valence electrons. The van der Waals surface area contributed by atoms with Crippen molar-refractivity contribution in [2.75, 3.05) is 6.54 Å². The highest BCUT2D eigenvalue weighted by molar-refractivity contribution is 5.14. The molecule has 1 heterocycles. The van der Waals surface area contributed by atoms with E-state index in [9.17, 15) is 0 Å². The Morgan fingerprint density at radius 3 is 2.72 bits per heavy atom. The first-order valence-corrected chi connectivity index (χ1v) is 6.51. The van der Waals surface area contributed by atoms with Crippen molar-refractivity contribution in [1.82, 2.24) is 10.5 Å². The topological polar surface area (TPSA) is 38.1 Å². The molecule has 1 N–H and O–H groups in total. The lowest BCUT2D eigenvalue weighted by atomic mass is 10.1. The highest BCUT2D eigenvalue weighted by Crippen LogP contribution is 2.04. The van der Waals surface area contributed by atoms with Crippen LogP contribution in [0.3, 0.4) is 0 Å². The SMILES string of the molecule is Cc1cc(CNCCCCc2ccccc2)on1. The van der Waals surface area contributed by atoms with Crippen molar-refractivity contribution < 1.29 is 4.52 Å². The van der Waals surface area contributed by atoms with Gasteiger partial charge < -0.3 is 9.84 Å². The predicted molar refractivity (Wildman–Crippen MR) is 72.3 cm³/mol. The van der Waals surface area contributed by atoms with E-state index >= 15 is 0 Å². The molecular weight excluding hydrogens is 224 g/mol. The Morgan fingerprint density at radius 2 is 2.00 bits per heavy atom. The number of aromatic nitrogens is 1. The summed E-state index contributed by atoms with van der Waals surface area (Å²) in [5.41, 5.74) is 2.36. The zero-order chi connectivity index (χ0) is 12.6. The van der Waals surface area contributed by atoms with E-state index in [2.05, 4.69) is 40.8 Å². The Balaban J connectivity index is 1.54. The van der Waals surface area contributed by atoms with Crippen LogP contribution in [-0.2, 0) is 13.0 Å². The predicted octanol–water partition coefficient (Wildman–Crippen LogP) is 3.10. The molecule has 0 fully saturated rings. The van der Waals surface area contributed by atoms with Gasteiger partial charge in [-0.25, -0.2) is 0 Å². The molecule has 0 aliphatic heterocycles. The molecule has 1 aromatic carbocycles.